The number of thiol groups is 1. The smallest absolute Gasteiger partial charge is 0.0603 e. The highest BCUT2D eigenvalue weighted by Gasteiger charge is 2.15. The van der Waals surface area contributed by atoms with Crippen molar-refractivity contribution >= 4 is 47.6 Å². The van der Waals surface area contributed by atoms with Gasteiger partial charge in [0.15, 0.2) is 0 Å². The molecule has 0 bridgehead atoms. The number of rotatable bonds is 4. The van der Waals surface area contributed by atoms with Crippen LogP contribution in [0.15, 0.2) is 23.1 Å². The van der Waals surface area contributed by atoms with E-state index in [-0.39, 0.29) is 5.41 Å². The molecule has 84 valence electrons. The molecule has 4 heteroatoms. The molecular weight excluding hydrogens is 267 g/mol. The van der Waals surface area contributed by atoms with Gasteiger partial charge in [-0.2, -0.15) is 12.6 Å². The standard InChI is InChI=1S/C11H14Cl2S2/c1-11(2,6-14)7-15-8-3-4-9(12)10(13)5-8/h3-5,14H,6-7H2,1-2H3. The first kappa shape index (κ1) is 13.6. The van der Waals surface area contributed by atoms with E-state index < -0.39 is 0 Å². The monoisotopic (exact) mass is 280 g/mol. The topological polar surface area (TPSA) is 0 Å². The second-order valence-corrected chi connectivity index (χ2v) is 6.37. The van der Waals surface area contributed by atoms with Crippen LogP contribution in [0.4, 0.5) is 0 Å². The third-order valence-corrected chi connectivity index (χ3v) is 5.06. The first-order chi connectivity index (χ1) is 6.94. The van der Waals surface area contributed by atoms with Crippen LogP contribution in [0.5, 0.6) is 0 Å². The van der Waals surface area contributed by atoms with E-state index in [1.165, 1.54) is 0 Å². The summed E-state index contributed by atoms with van der Waals surface area (Å²) in [6, 6.07) is 5.73. The van der Waals surface area contributed by atoms with E-state index in [1.54, 1.807) is 11.8 Å². The predicted molar refractivity (Wildman–Crippen MR) is 74.8 cm³/mol. The van der Waals surface area contributed by atoms with Crippen molar-refractivity contribution < 1.29 is 0 Å². The Kier molecular flexibility index (Phi) is 5.17. The van der Waals surface area contributed by atoms with Gasteiger partial charge in [0.1, 0.15) is 0 Å². The fourth-order valence-corrected chi connectivity index (χ4v) is 2.54. The van der Waals surface area contributed by atoms with Gasteiger partial charge in [0.2, 0.25) is 0 Å². The molecule has 0 aliphatic carbocycles. The molecule has 0 heterocycles. The molecule has 0 aliphatic heterocycles. The van der Waals surface area contributed by atoms with Crippen molar-refractivity contribution in [2.45, 2.75) is 18.7 Å². The lowest BCUT2D eigenvalue weighted by molar-refractivity contribution is 0.494. The Hall–Kier alpha value is 0.500. The molecule has 0 saturated carbocycles. The maximum absolute atomic E-state index is 5.94. The van der Waals surface area contributed by atoms with E-state index in [2.05, 4.69) is 26.5 Å². The van der Waals surface area contributed by atoms with Crippen LogP contribution in [0.1, 0.15) is 13.8 Å². The molecule has 0 N–H and O–H groups in total. The van der Waals surface area contributed by atoms with Crippen molar-refractivity contribution in [3.8, 4) is 0 Å². The lowest BCUT2D eigenvalue weighted by atomic mass is 10.0. The van der Waals surface area contributed by atoms with Crippen molar-refractivity contribution in [3.63, 3.8) is 0 Å². The molecule has 0 radical (unpaired) electrons. The molecule has 1 aromatic carbocycles. The van der Waals surface area contributed by atoms with Crippen LogP contribution in [-0.2, 0) is 0 Å². The van der Waals surface area contributed by atoms with Gasteiger partial charge in [0.05, 0.1) is 10.0 Å². The first-order valence-corrected chi connectivity index (χ1v) is 7.01. The Bertz CT molecular complexity index is 337. The lowest BCUT2D eigenvalue weighted by Crippen LogP contribution is -2.16. The summed E-state index contributed by atoms with van der Waals surface area (Å²) in [6.45, 7) is 4.40. The molecule has 0 unspecified atom stereocenters. The highest BCUT2D eigenvalue weighted by atomic mass is 35.5. The van der Waals surface area contributed by atoms with Crippen LogP contribution in [0.3, 0.4) is 0 Å². The molecule has 1 aromatic rings. The molecule has 0 atom stereocenters. The maximum Gasteiger partial charge on any atom is 0.0603 e. The van der Waals surface area contributed by atoms with Gasteiger partial charge in [-0.25, -0.2) is 0 Å². The summed E-state index contributed by atoms with van der Waals surface area (Å²) in [6.07, 6.45) is 0. The van der Waals surface area contributed by atoms with Gasteiger partial charge < -0.3 is 0 Å². The van der Waals surface area contributed by atoms with E-state index >= 15 is 0 Å². The Balaban J connectivity index is 2.62. The summed E-state index contributed by atoms with van der Waals surface area (Å²) in [7, 11) is 0. The van der Waals surface area contributed by atoms with E-state index in [4.69, 9.17) is 23.2 Å². The van der Waals surface area contributed by atoms with Crippen LogP contribution in [0.25, 0.3) is 0 Å². The van der Waals surface area contributed by atoms with Crippen molar-refractivity contribution in [2.24, 2.45) is 5.41 Å². The number of hydrogen-bond donors (Lipinski definition) is 1. The molecular formula is C11H14Cl2S2. The van der Waals surface area contributed by atoms with Crippen LogP contribution in [0, 0.1) is 5.41 Å². The Labute approximate surface area is 111 Å². The molecule has 0 aromatic heterocycles. The molecule has 0 fully saturated rings. The molecule has 0 amide bonds. The van der Waals surface area contributed by atoms with E-state index in [9.17, 15) is 0 Å². The second kappa shape index (κ2) is 5.72. The fraction of sp³-hybridized carbons (Fsp3) is 0.455. The molecule has 0 saturated heterocycles. The lowest BCUT2D eigenvalue weighted by Gasteiger charge is -2.21. The summed E-state index contributed by atoms with van der Waals surface area (Å²) in [4.78, 5) is 1.15. The van der Waals surface area contributed by atoms with Crippen LogP contribution in [-0.4, -0.2) is 11.5 Å². The van der Waals surface area contributed by atoms with Gasteiger partial charge in [-0.3, -0.25) is 0 Å². The zero-order chi connectivity index (χ0) is 11.5. The van der Waals surface area contributed by atoms with Crippen molar-refractivity contribution in [1.29, 1.82) is 0 Å². The minimum Gasteiger partial charge on any atom is -0.179 e. The average Bonchev–Trinajstić information content (AvgIpc) is 2.20. The zero-order valence-corrected chi connectivity index (χ0v) is 12.0. The Morgan fingerprint density at radius 1 is 1.27 bits per heavy atom. The van der Waals surface area contributed by atoms with E-state index in [1.807, 2.05) is 18.2 Å². The van der Waals surface area contributed by atoms with Gasteiger partial charge >= 0.3 is 0 Å². The van der Waals surface area contributed by atoms with Gasteiger partial charge in [-0.1, -0.05) is 37.0 Å². The summed E-state index contributed by atoms with van der Waals surface area (Å²) in [5.41, 5.74) is 0.236. The maximum atomic E-state index is 5.94. The van der Waals surface area contributed by atoms with Crippen molar-refractivity contribution in [2.75, 3.05) is 11.5 Å². The fourth-order valence-electron chi connectivity index (χ4n) is 0.891. The number of halogens is 2. The molecule has 15 heavy (non-hydrogen) atoms. The van der Waals surface area contributed by atoms with Crippen molar-refractivity contribution in [1.82, 2.24) is 0 Å². The van der Waals surface area contributed by atoms with E-state index in [0.29, 0.717) is 10.0 Å². The normalized spacial score (nSPS) is 11.8. The molecule has 0 aliphatic rings. The van der Waals surface area contributed by atoms with Crippen LogP contribution in [0.2, 0.25) is 10.0 Å². The molecule has 0 nitrogen and oxygen atoms in total. The van der Waals surface area contributed by atoms with Crippen molar-refractivity contribution in [3.05, 3.63) is 28.2 Å². The average molecular weight is 281 g/mol. The van der Waals surface area contributed by atoms with Crippen LogP contribution >= 0.6 is 47.6 Å². The van der Waals surface area contributed by atoms with Gasteiger partial charge in [0, 0.05) is 10.6 Å². The van der Waals surface area contributed by atoms with Gasteiger partial charge in [-0.05, 0) is 29.4 Å². The summed E-state index contributed by atoms with van der Waals surface area (Å²) in [5.74, 6) is 1.90. The Morgan fingerprint density at radius 3 is 2.47 bits per heavy atom. The first-order valence-electron chi connectivity index (χ1n) is 4.63. The minimum absolute atomic E-state index is 0.236. The summed E-state index contributed by atoms with van der Waals surface area (Å²) in [5, 5.41) is 1.22. The predicted octanol–water partition coefficient (Wildman–Crippen LogP) is 5.04. The summed E-state index contributed by atoms with van der Waals surface area (Å²) >= 11 is 17.9. The van der Waals surface area contributed by atoms with Crippen LogP contribution < -0.4 is 0 Å². The molecule has 0 spiro atoms. The van der Waals surface area contributed by atoms with Gasteiger partial charge in [-0.15, -0.1) is 11.8 Å². The zero-order valence-electron chi connectivity index (χ0n) is 8.76. The third-order valence-electron chi connectivity index (χ3n) is 1.95. The molecule has 1 rings (SSSR count). The third kappa shape index (κ3) is 4.48. The number of hydrogen-bond acceptors (Lipinski definition) is 2. The largest absolute Gasteiger partial charge is 0.179 e. The van der Waals surface area contributed by atoms with E-state index in [0.717, 1.165) is 16.4 Å². The Morgan fingerprint density at radius 2 is 1.93 bits per heavy atom. The second-order valence-electron chi connectivity index (χ2n) is 4.19. The summed E-state index contributed by atoms with van der Waals surface area (Å²) < 4.78 is 0. The number of benzene rings is 1. The SMILES string of the molecule is CC(C)(CS)CSc1ccc(Cl)c(Cl)c1. The highest BCUT2D eigenvalue weighted by Crippen LogP contribution is 2.32. The quantitative estimate of drug-likeness (QED) is 0.596. The number of thioether (sulfide) groups is 1. The van der Waals surface area contributed by atoms with Gasteiger partial charge in [0.25, 0.3) is 0 Å². The highest BCUT2D eigenvalue weighted by molar-refractivity contribution is 7.99. The minimum atomic E-state index is 0.236.